The van der Waals surface area contributed by atoms with Crippen molar-refractivity contribution in [2.24, 2.45) is 11.8 Å². The molecule has 3 heterocycles. The van der Waals surface area contributed by atoms with Crippen LogP contribution >= 0.6 is 22.9 Å². The van der Waals surface area contributed by atoms with Gasteiger partial charge in [0.05, 0.1) is 0 Å². The first-order chi connectivity index (χ1) is 18.4. The maximum Gasteiger partial charge on any atom is 0.490 e. The normalized spacial score (nSPS) is 18.0. The molecular weight excluding hydrogens is 557 g/mol. The van der Waals surface area contributed by atoms with E-state index in [2.05, 4.69) is 22.6 Å². The first-order valence-corrected chi connectivity index (χ1v) is 13.8. The molecule has 8 nitrogen and oxygen atoms in total. The zero-order valence-electron chi connectivity index (χ0n) is 21.4. The number of carbonyl (C=O) groups is 3. The molecule has 2 fully saturated rings. The Bertz CT molecular complexity index is 1090. The smallest absolute Gasteiger partial charge is 0.475 e. The summed E-state index contributed by atoms with van der Waals surface area (Å²) in [7, 11) is 2.19. The van der Waals surface area contributed by atoms with Gasteiger partial charge < -0.3 is 25.5 Å². The van der Waals surface area contributed by atoms with Crippen molar-refractivity contribution >= 4 is 46.5 Å². The Morgan fingerprint density at radius 2 is 1.54 bits per heavy atom. The lowest BCUT2D eigenvalue weighted by Crippen LogP contribution is -2.47. The summed E-state index contributed by atoms with van der Waals surface area (Å²) in [6.45, 7) is 3.88. The molecule has 0 aliphatic carbocycles. The first-order valence-electron chi connectivity index (χ1n) is 12.6. The van der Waals surface area contributed by atoms with E-state index < -0.39 is 24.2 Å². The number of halogens is 4. The standard InChI is InChI=1S/C24H31ClN4O2S.C2HF3O2/c1-28-12-8-17(9-13-28)18-10-14-29(15-11-18)23(30)22(21-3-2-16-32-21)27-24(31)26-20-6-4-19(25)5-7-20;3-2(4,5)1(6)7/h2-7,16-18,22H,8-15H2,1H3,(H2,26,27,31);(H,6,7)/t22-;/m0./s1. The molecule has 214 valence electrons. The molecule has 1 atom stereocenters. The number of anilines is 1. The minimum Gasteiger partial charge on any atom is -0.475 e. The second-order valence-electron chi connectivity index (χ2n) is 9.66. The zero-order valence-corrected chi connectivity index (χ0v) is 23.0. The third-order valence-corrected chi connectivity index (χ3v) is 8.16. The summed E-state index contributed by atoms with van der Waals surface area (Å²) in [4.78, 5) is 40.1. The number of rotatable bonds is 5. The number of carboxylic acids is 1. The number of nitrogens with one attached hydrogen (secondary N) is 2. The molecule has 4 rings (SSSR count). The molecule has 2 aliphatic rings. The number of carboxylic acid groups (broad SMARTS) is 1. The quantitative estimate of drug-likeness (QED) is 0.429. The molecule has 39 heavy (non-hydrogen) atoms. The number of carbonyl (C=O) groups excluding carboxylic acids is 2. The fourth-order valence-electron chi connectivity index (χ4n) is 4.82. The molecule has 0 radical (unpaired) electrons. The number of benzene rings is 1. The fourth-order valence-corrected chi connectivity index (χ4v) is 5.71. The van der Waals surface area contributed by atoms with E-state index in [1.54, 1.807) is 24.3 Å². The van der Waals surface area contributed by atoms with Crippen LogP contribution in [0.4, 0.5) is 23.7 Å². The molecule has 0 bridgehead atoms. The lowest BCUT2D eigenvalue weighted by atomic mass is 9.79. The van der Waals surface area contributed by atoms with Crippen LogP contribution in [0, 0.1) is 11.8 Å². The lowest BCUT2D eigenvalue weighted by molar-refractivity contribution is -0.192. The third-order valence-electron chi connectivity index (χ3n) is 6.98. The number of aliphatic carboxylic acids is 1. The SMILES string of the molecule is CN1CCC(C2CCN(C(=O)[C@@H](NC(=O)Nc3ccc(Cl)cc3)c3cccs3)CC2)CC1.O=C(O)C(F)(F)F. The van der Waals surface area contributed by atoms with Gasteiger partial charge in [0.1, 0.15) is 6.04 Å². The summed E-state index contributed by atoms with van der Waals surface area (Å²) < 4.78 is 31.7. The highest BCUT2D eigenvalue weighted by Gasteiger charge is 2.38. The molecular formula is C26H32ClF3N4O4S. The summed E-state index contributed by atoms with van der Waals surface area (Å²) in [6.07, 6.45) is -0.457. The van der Waals surface area contributed by atoms with E-state index in [0.717, 1.165) is 36.7 Å². The molecule has 3 amide bonds. The Hall–Kier alpha value is -2.83. The Balaban J connectivity index is 0.000000532. The lowest BCUT2D eigenvalue weighted by Gasteiger charge is -2.40. The molecule has 0 saturated carbocycles. The topological polar surface area (TPSA) is 102 Å². The highest BCUT2D eigenvalue weighted by Crippen LogP contribution is 2.33. The summed E-state index contributed by atoms with van der Waals surface area (Å²) in [5.74, 6) is -1.30. The van der Waals surface area contributed by atoms with Crippen molar-refractivity contribution in [3.8, 4) is 0 Å². The summed E-state index contributed by atoms with van der Waals surface area (Å²) in [6, 6.07) is 9.63. The Morgan fingerprint density at radius 1 is 1.00 bits per heavy atom. The molecule has 0 spiro atoms. The van der Waals surface area contributed by atoms with Gasteiger partial charge in [-0.2, -0.15) is 13.2 Å². The summed E-state index contributed by atoms with van der Waals surface area (Å²) >= 11 is 7.40. The van der Waals surface area contributed by atoms with Gasteiger partial charge in [-0.3, -0.25) is 4.79 Å². The van der Waals surface area contributed by atoms with Gasteiger partial charge in [0, 0.05) is 28.7 Å². The molecule has 0 unspecified atom stereocenters. The van der Waals surface area contributed by atoms with E-state index >= 15 is 0 Å². The Kier molecular flexibility index (Phi) is 11.0. The van der Waals surface area contributed by atoms with Crippen molar-refractivity contribution in [2.45, 2.75) is 37.9 Å². The first kappa shape index (κ1) is 30.7. The van der Waals surface area contributed by atoms with E-state index in [1.807, 2.05) is 22.4 Å². The van der Waals surface area contributed by atoms with Gasteiger partial charge in [0.15, 0.2) is 0 Å². The minimum atomic E-state index is -5.08. The molecule has 1 aromatic heterocycles. The van der Waals surface area contributed by atoms with Crippen LogP contribution in [0.5, 0.6) is 0 Å². The maximum atomic E-state index is 13.4. The molecule has 2 saturated heterocycles. The van der Waals surface area contributed by atoms with Crippen molar-refractivity contribution in [3.63, 3.8) is 0 Å². The summed E-state index contributed by atoms with van der Waals surface area (Å²) in [5, 5.41) is 15.3. The maximum absolute atomic E-state index is 13.4. The number of urea groups is 1. The van der Waals surface area contributed by atoms with Crippen LogP contribution in [0.2, 0.25) is 5.02 Å². The predicted molar refractivity (Wildman–Crippen MR) is 144 cm³/mol. The van der Waals surface area contributed by atoms with Crippen molar-refractivity contribution in [3.05, 3.63) is 51.7 Å². The Morgan fingerprint density at radius 3 is 2.03 bits per heavy atom. The highest BCUT2D eigenvalue weighted by atomic mass is 35.5. The number of piperidine rings is 2. The van der Waals surface area contributed by atoms with Crippen LogP contribution in [-0.2, 0) is 9.59 Å². The highest BCUT2D eigenvalue weighted by molar-refractivity contribution is 7.10. The van der Waals surface area contributed by atoms with Gasteiger partial charge in [-0.25, -0.2) is 9.59 Å². The zero-order chi connectivity index (χ0) is 28.6. The predicted octanol–water partition coefficient (Wildman–Crippen LogP) is 5.48. The average Bonchev–Trinajstić information content (AvgIpc) is 3.43. The number of nitrogens with zero attached hydrogens (tertiary/aromatic N) is 2. The second kappa shape index (κ2) is 14.0. The number of likely N-dealkylation sites (tertiary alicyclic amines) is 2. The Labute approximate surface area is 234 Å². The number of hydrogen-bond acceptors (Lipinski definition) is 5. The van der Waals surface area contributed by atoms with Crippen LogP contribution in [0.25, 0.3) is 0 Å². The largest absolute Gasteiger partial charge is 0.490 e. The van der Waals surface area contributed by atoms with Crippen LogP contribution < -0.4 is 10.6 Å². The van der Waals surface area contributed by atoms with Gasteiger partial charge in [0.2, 0.25) is 0 Å². The van der Waals surface area contributed by atoms with Crippen LogP contribution in [0.1, 0.15) is 36.6 Å². The van der Waals surface area contributed by atoms with Crippen molar-refractivity contribution < 1.29 is 32.7 Å². The fraction of sp³-hybridized carbons (Fsp3) is 0.500. The van der Waals surface area contributed by atoms with Gasteiger partial charge in [0.25, 0.3) is 5.91 Å². The number of alkyl halides is 3. The van der Waals surface area contributed by atoms with E-state index in [-0.39, 0.29) is 5.91 Å². The molecule has 13 heteroatoms. The van der Waals surface area contributed by atoms with Gasteiger partial charge in [-0.05, 0) is 93.4 Å². The number of hydrogen-bond donors (Lipinski definition) is 3. The van der Waals surface area contributed by atoms with E-state index in [1.165, 1.54) is 37.3 Å². The van der Waals surface area contributed by atoms with E-state index in [4.69, 9.17) is 21.5 Å². The molecule has 3 N–H and O–H groups in total. The van der Waals surface area contributed by atoms with Crippen LogP contribution in [-0.4, -0.2) is 72.2 Å². The van der Waals surface area contributed by atoms with E-state index in [9.17, 15) is 22.8 Å². The average molecular weight is 589 g/mol. The van der Waals surface area contributed by atoms with E-state index in [0.29, 0.717) is 16.6 Å². The van der Waals surface area contributed by atoms with Crippen LogP contribution in [0.15, 0.2) is 41.8 Å². The molecule has 2 aromatic rings. The van der Waals surface area contributed by atoms with Gasteiger partial charge in [-0.1, -0.05) is 17.7 Å². The minimum absolute atomic E-state index is 0.0273. The number of thiophene rings is 1. The van der Waals surface area contributed by atoms with Gasteiger partial charge in [-0.15, -0.1) is 11.3 Å². The number of amides is 3. The molecule has 2 aliphatic heterocycles. The third kappa shape index (κ3) is 9.40. The second-order valence-corrected chi connectivity index (χ2v) is 11.1. The van der Waals surface area contributed by atoms with Crippen molar-refractivity contribution in [1.29, 1.82) is 0 Å². The molecule has 1 aromatic carbocycles. The summed E-state index contributed by atoms with van der Waals surface area (Å²) in [5.41, 5.74) is 0.628. The van der Waals surface area contributed by atoms with Gasteiger partial charge >= 0.3 is 18.2 Å². The monoisotopic (exact) mass is 588 g/mol. The van der Waals surface area contributed by atoms with Crippen LogP contribution in [0.3, 0.4) is 0 Å². The van der Waals surface area contributed by atoms with Crippen molar-refractivity contribution in [2.75, 3.05) is 38.5 Å². The van der Waals surface area contributed by atoms with Crippen molar-refractivity contribution in [1.82, 2.24) is 15.1 Å².